The van der Waals surface area contributed by atoms with E-state index in [0.29, 0.717) is 0 Å². The second kappa shape index (κ2) is 5.67. The van der Waals surface area contributed by atoms with E-state index in [0.717, 1.165) is 0 Å². The molecule has 0 N–H and O–H groups in total. The molecule has 17 heavy (non-hydrogen) atoms. The number of hydrogen-bond acceptors (Lipinski definition) is 3. The van der Waals surface area contributed by atoms with Crippen LogP contribution in [0, 0.1) is 10.1 Å². The smallest absolute Gasteiger partial charge is 0.295 e. The van der Waals surface area contributed by atoms with Crippen LogP contribution in [0.25, 0.3) is 0 Å². The highest BCUT2D eigenvalue weighted by atomic mass is 35.5. The normalized spacial score (nSPS) is 12.4. The molecule has 9 heteroatoms. The molecule has 1 rings (SSSR count). The largest absolute Gasteiger partial charge is 0.306 e. The average molecular weight is 339 g/mol. The zero-order valence-electron chi connectivity index (χ0n) is 8.14. The van der Waals surface area contributed by atoms with Crippen LogP contribution < -0.4 is 0 Å². The molecule has 0 aliphatic carbocycles. The molecule has 0 amide bonds. The molecule has 1 atom stereocenters. The Morgan fingerprint density at radius 3 is 1.71 bits per heavy atom. The Labute approximate surface area is 121 Å². The lowest BCUT2D eigenvalue weighted by molar-refractivity contribution is -0.770. The van der Waals surface area contributed by atoms with E-state index in [4.69, 9.17) is 58.0 Å². The van der Waals surface area contributed by atoms with Crippen molar-refractivity contribution in [1.82, 2.24) is 0 Å². The Hall–Kier alpha value is -0.130. The van der Waals surface area contributed by atoms with E-state index in [1.165, 1.54) is 6.92 Å². The summed E-state index contributed by atoms with van der Waals surface area (Å²) in [5.41, 5.74) is 0.115. The van der Waals surface area contributed by atoms with Gasteiger partial charge in [0.2, 0.25) is 0 Å². The molecule has 1 aromatic rings. The summed E-state index contributed by atoms with van der Waals surface area (Å²) in [4.78, 5) is 14.6. The van der Waals surface area contributed by atoms with E-state index in [1.807, 2.05) is 0 Å². The maximum atomic E-state index is 10.2. The quantitative estimate of drug-likeness (QED) is 0.328. The Morgan fingerprint density at radius 1 is 1.00 bits per heavy atom. The standard InChI is InChI=1S/C8H4Cl5NO3/c1-2(17-14(15)16)3-4(9)6(11)8(13)7(12)5(3)10/h2H,1H3. The van der Waals surface area contributed by atoms with Gasteiger partial charge in [0.25, 0.3) is 5.09 Å². The van der Waals surface area contributed by atoms with Crippen molar-refractivity contribution in [3.05, 3.63) is 40.8 Å². The Bertz CT molecular complexity index is 450. The molecular weight excluding hydrogens is 335 g/mol. The highest BCUT2D eigenvalue weighted by molar-refractivity contribution is 6.55. The van der Waals surface area contributed by atoms with Crippen molar-refractivity contribution in [3.8, 4) is 0 Å². The van der Waals surface area contributed by atoms with Gasteiger partial charge in [0.1, 0.15) is 6.10 Å². The fraction of sp³-hybridized carbons (Fsp3) is 0.250. The molecule has 0 spiro atoms. The van der Waals surface area contributed by atoms with E-state index in [-0.39, 0.29) is 30.7 Å². The molecule has 0 aliphatic rings. The van der Waals surface area contributed by atoms with Gasteiger partial charge in [-0.1, -0.05) is 58.0 Å². The van der Waals surface area contributed by atoms with Gasteiger partial charge >= 0.3 is 0 Å². The molecular formula is C8H4Cl5NO3. The highest BCUT2D eigenvalue weighted by Crippen LogP contribution is 2.46. The van der Waals surface area contributed by atoms with Gasteiger partial charge < -0.3 is 4.84 Å². The predicted molar refractivity (Wildman–Crippen MR) is 68.0 cm³/mol. The van der Waals surface area contributed by atoms with Gasteiger partial charge in [0.15, 0.2) is 0 Å². The van der Waals surface area contributed by atoms with Crippen LogP contribution in [0.15, 0.2) is 0 Å². The third kappa shape index (κ3) is 3.01. The number of halogens is 5. The Balaban J connectivity index is 3.38. The van der Waals surface area contributed by atoms with Crippen LogP contribution in [-0.2, 0) is 4.84 Å². The van der Waals surface area contributed by atoms with Crippen LogP contribution in [-0.4, -0.2) is 5.09 Å². The van der Waals surface area contributed by atoms with Crippen molar-refractivity contribution in [3.63, 3.8) is 0 Å². The first kappa shape index (κ1) is 14.9. The van der Waals surface area contributed by atoms with E-state index in [2.05, 4.69) is 4.84 Å². The molecule has 0 aliphatic heterocycles. The van der Waals surface area contributed by atoms with E-state index >= 15 is 0 Å². The predicted octanol–water partition coefficient (Wildman–Crippen LogP) is 5.22. The molecule has 0 fully saturated rings. The summed E-state index contributed by atoms with van der Waals surface area (Å²) in [6.45, 7) is 1.39. The van der Waals surface area contributed by atoms with Gasteiger partial charge in [-0.05, 0) is 6.92 Å². The van der Waals surface area contributed by atoms with Crippen LogP contribution in [0.2, 0.25) is 25.1 Å². The molecule has 4 nitrogen and oxygen atoms in total. The van der Waals surface area contributed by atoms with Crippen molar-refractivity contribution in [2.75, 3.05) is 0 Å². The second-order valence-corrected chi connectivity index (χ2v) is 4.84. The molecule has 0 heterocycles. The van der Waals surface area contributed by atoms with Gasteiger partial charge in [-0.3, -0.25) is 0 Å². The monoisotopic (exact) mass is 337 g/mol. The van der Waals surface area contributed by atoms with Crippen LogP contribution in [0.5, 0.6) is 0 Å². The number of benzene rings is 1. The van der Waals surface area contributed by atoms with Crippen LogP contribution in [0.1, 0.15) is 18.6 Å². The molecule has 0 bridgehead atoms. The molecule has 94 valence electrons. The van der Waals surface area contributed by atoms with Gasteiger partial charge in [-0.15, -0.1) is 10.1 Å². The first-order valence-corrected chi connectivity index (χ1v) is 5.98. The van der Waals surface area contributed by atoms with Crippen molar-refractivity contribution in [2.45, 2.75) is 13.0 Å². The van der Waals surface area contributed by atoms with E-state index in [9.17, 15) is 10.1 Å². The first-order valence-electron chi connectivity index (χ1n) is 4.09. The zero-order chi connectivity index (χ0) is 13.3. The highest BCUT2D eigenvalue weighted by Gasteiger charge is 2.24. The van der Waals surface area contributed by atoms with Crippen LogP contribution in [0.3, 0.4) is 0 Å². The minimum absolute atomic E-state index is 0.0135. The number of hydrogen-bond donors (Lipinski definition) is 0. The second-order valence-electron chi connectivity index (χ2n) is 2.95. The fourth-order valence-corrected chi connectivity index (χ4v) is 2.62. The molecule has 1 aromatic carbocycles. The summed E-state index contributed by atoms with van der Waals surface area (Å²) in [6, 6.07) is 0. The third-order valence-electron chi connectivity index (χ3n) is 1.89. The van der Waals surface area contributed by atoms with E-state index in [1.54, 1.807) is 0 Å². The Kier molecular flexibility index (Phi) is 4.98. The Morgan fingerprint density at radius 2 is 1.35 bits per heavy atom. The first-order chi connectivity index (χ1) is 7.77. The minimum Gasteiger partial charge on any atom is -0.306 e. The third-order valence-corrected chi connectivity index (χ3v) is 4.20. The topological polar surface area (TPSA) is 52.4 Å². The van der Waals surface area contributed by atoms with Crippen molar-refractivity contribution in [2.24, 2.45) is 0 Å². The molecule has 0 saturated carbocycles. The lowest BCUT2D eigenvalue weighted by Gasteiger charge is -2.16. The lowest BCUT2D eigenvalue weighted by atomic mass is 10.1. The van der Waals surface area contributed by atoms with Gasteiger partial charge in [0.05, 0.1) is 25.1 Å². The summed E-state index contributed by atoms with van der Waals surface area (Å²) in [6.07, 6.45) is -1.02. The van der Waals surface area contributed by atoms with E-state index < -0.39 is 11.2 Å². The van der Waals surface area contributed by atoms with Crippen LogP contribution in [0.4, 0.5) is 0 Å². The van der Waals surface area contributed by atoms with Gasteiger partial charge in [-0.25, -0.2) is 0 Å². The van der Waals surface area contributed by atoms with Crippen LogP contribution >= 0.6 is 58.0 Å². The van der Waals surface area contributed by atoms with Gasteiger partial charge in [-0.2, -0.15) is 0 Å². The molecule has 0 saturated heterocycles. The number of rotatable bonds is 3. The summed E-state index contributed by atoms with van der Waals surface area (Å²) < 4.78 is 0. The summed E-state index contributed by atoms with van der Waals surface area (Å²) in [7, 11) is 0. The fourth-order valence-electron chi connectivity index (χ4n) is 1.16. The SMILES string of the molecule is CC(O[N+](=O)[O-])c1c(Cl)c(Cl)c(Cl)c(Cl)c1Cl. The summed E-state index contributed by atoms with van der Waals surface area (Å²) >= 11 is 29.2. The maximum absolute atomic E-state index is 10.2. The van der Waals surface area contributed by atoms with Crippen molar-refractivity contribution in [1.29, 1.82) is 0 Å². The van der Waals surface area contributed by atoms with Crippen molar-refractivity contribution < 1.29 is 9.92 Å². The van der Waals surface area contributed by atoms with Gasteiger partial charge in [0, 0.05) is 5.56 Å². The minimum atomic E-state index is -1.02. The summed E-state index contributed by atoms with van der Waals surface area (Å²) in [5.74, 6) is 0. The maximum Gasteiger partial charge on any atom is 0.295 e. The lowest BCUT2D eigenvalue weighted by Crippen LogP contribution is -2.08. The molecule has 0 aromatic heterocycles. The number of nitrogens with zero attached hydrogens (tertiary/aromatic N) is 1. The molecule has 1 unspecified atom stereocenters. The zero-order valence-corrected chi connectivity index (χ0v) is 11.9. The summed E-state index contributed by atoms with van der Waals surface area (Å²) in [5, 5.41) is 9.15. The average Bonchev–Trinajstić information content (AvgIpc) is 2.23. The van der Waals surface area contributed by atoms with Crippen molar-refractivity contribution >= 4 is 58.0 Å². The molecule has 0 radical (unpaired) electrons.